The van der Waals surface area contributed by atoms with E-state index in [0.717, 1.165) is 0 Å². The van der Waals surface area contributed by atoms with Crippen molar-refractivity contribution in [3.63, 3.8) is 0 Å². The van der Waals surface area contributed by atoms with Crippen LogP contribution in [0.5, 0.6) is 5.75 Å². The van der Waals surface area contributed by atoms with E-state index in [-0.39, 0.29) is 5.91 Å². The number of benzene rings is 1. The lowest BCUT2D eigenvalue weighted by Crippen LogP contribution is -2.51. The molecule has 0 atom stereocenters. The first-order valence-electron chi connectivity index (χ1n) is 5.64. The largest absolute Gasteiger partial charge is 0.495 e. The molecule has 1 aromatic rings. The highest BCUT2D eigenvalue weighted by atomic mass is 19.1. The Bertz CT molecular complexity index is 447. The third kappa shape index (κ3) is 2.79. The molecule has 100 valence electrons. The van der Waals surface area contributed by atoms with Crippen LogP contribution in [0.1, 0.15) is 13.8 Å². The average Bonchev–Trinajstić information content (AvgIpc) is 2.36. The highest BCUT2D eigenvalue weighted by Gasteiger charge is 2.30. The summed E-state index contributed by atoms with van der Waals surface area (Å²) in [5, 5.41) is 2.92. The molecule has 0 spiro atoms. The molecular weight excluding hydrogens is 235 g/mol. The van der Waals surface area contributed by atoms with Gasteiger partial charge in [-0.05, 0) is 33.0 Å². The molecule has 0 fully saturated rings. The van der Waals surface area contributed by atoms with Crippen molar-refractivity contribution in [1.82, 2.24) is 5.32 Å². The van der Waals surface area contributed by atoms with Gasteiger partial charge < -0.3 is 15.0 Å². The second-order valence-corrected chi connectivity index (χ2v) is 4.56. The highest BCUT2D eigenvalue weighted by molar-refractivity contribution is 6.00. The van der Waals surface area contributed by atoms with Crippen molar-refractivity contribution in [2.24, 2.45) is 0 Å². The maximum Gasteiger partial charge on any atom is 0.246 e. The highest BCUT2D eigenvalue weighted by Crippen LogP contribution is 2.29. The third-order valence-electron chi connectivity index (χ3n) is 2.97. The topological polar surface area (TPSA) is 41.6 Å². The molecule has 0 aliphatic carbocycles. The van der Waals surface area contributed by atoms with Crippen LogP contribution in [0.2, 0.25) is 0 Å². The molecule has 0 saturated carbocycles. The second-order valence-electron chi connectivity index (χ2n) is 4.56. The van der Waals surface area contributed by atoms with Crippen LogP contribution in [-0.2, 0) is 4.79 Å². The Morgan fingerprint density at radius 1 is 1.44 bits per heavy atom. The van der Waals surface area contributed by atoms with E-state index < -0.39 is 11.4 Å². The predicted octanol–water partition coefficient (Wildman–Crippen LogP) is 1.80. The summed E-state index contributed by atoms with van der Waals surface area (Å²) < 4.78 is 18.4. The number of hydrogen-bond donors (Lipinski definition) is 1. The van der Waals surface area contributed by atoms with Gasteiger partial charge in [0, 0.05) is 13.1 Å². The fourth-order valence-corrected chi connectivity index (χ4v) is 1.56. The smallest absolute Gasteiger partial charge is 0.246 e. The normalized spacial score (nSPS) is 11.2. The number of hydrogen-bond acceptors (Lipinski definition) is 3. The van der Waals surface area contributed by atoms with Crippen molar-refractivity contribution in [1.29, 1.82) is 0 Å². The molecule has 0 unspecified atom stereocenters. The minimum absolute atomic E-state index is 0.172. The molecule has 0 heterocycles. The van der Waals surface area contributed by atoms with Crippen LogP contribution in [-0.4, -0.2) is 32.7 Å². The van der Waals surface area contributed by atoms with Gasteiger partial charge >= 0.3 is 0 Å². The number of anilines is 1. The van der Waals surface area contributed by atoms with E-state index in [1.807, 2.05) is 0 Å². The van der Waals surface area contributed by atoms with Crippen molar-refractivity contribution in [2.45, 2.75) is 19.4 Å². The molecule has 18 heavy (non-hydrogen) atoms. The summed E-state index contributed by atoms with van der Waals surface area (Å²) in [4.78, 5) is 13.6. The van der Waals surface area contributed by atoms with Crippen LogP contribution in [0.4, 0.5) is 10.1 Å². The Morgan fingerprint density at radius 2 is 2.06 bits per heavy atom. The average molecular weight is 254 g/mol. The molecule has 0 aliphatic rings. The lowest BCUT2D eigenvalue weighted by Gasteiger charge is -2.29. The van der Waals surface area contributed by atoms with Gasteiger partial charge in [-0.1, -0.05) is 0 Å². The van der Waals surface area contributed by atoms with Crippen LogP contribution in [0.15, 0.2) is 18.2 Å². The minimum atomic E-state index is -0.730. The predicted molar refractivity (Wildman–Crippen MR) is 69.5 cm³/mol. The zero-order valence-electron chi connectivity index (χ0n) is 11.4. The van der Waals surface area contributed by atoms with E-state index in [9.17, 15) is 9.18 Å². The lowest BCUT2D eigenvalue weighted by atomic mass is 10.0. The number of nitrogens with one attached hydrogen (secondary N) is 1. The molecule has 4 nitrogen and oxygen atoms in total. The summed E-state index contributed by atoms with van der Waals surface area (Å²) in [7, 11) is 4.78. The van der Waals surface area contributed by atoms with Crippen LogP contribution in [0, 0.1) is 5.82 Å². The van der Waals surface area contributed by atoms with E-state index in [1.54, 1.807) is 27.9 Å². The van der Waals surface area contributed by atoms with Crippen LogP contribution >= 0.6 is 0 Å². The number of carbonyl (C=O) groups is 1. The summed E-state index contributed by atoms with van der Waals surface area (Å²) in [5.74, 6) is -0.124. The summed E-state index contributed by atoms with van der Waals surface area (Å²) >= 11 is 0. The first kappa shape index (κ1) is 14.4. The molecule has 1 N–H and O–H groups in total. The van der Waals surface area contributed by atoms with E-state index in [0.29, 0.717) is 11.4 Å². The summed E-state index contributed by atoms with van der Waals surface area (Å²) in [6.07, 6.45) is 0. The van der Waals surface area contributed by atoms with Crippen molar-refractivity contribution in [3.05, 3.63) is 24.0 Å². The SMILES string of the molecule is CNC(C)(C)C(=O)N(C)c1cc(F)ccc1OC. The van der Waals surface area contributed by atoms with Crippen LogP contribution in [0.3, 0.4) is 0 Å². The van der Waals surface area contributed by atoms with Crippen molar-refractivity contribution < 1.29 is 13.9 Å². The van der Waals surface area contributed by atoms with Crippen molar-refractivity contribution in [2.75, 3.05) is 26.1 Å². The summed E-state index contributed by atoms with van der Waals surface area (Å²) in [6, 6.07) is 4.08. The van der Waals surface area contributed by atoms with Gasteiger partial charge in [-0.3, -0.25) is 4.79 Å². The van der Waals surface area contributed by atoms with Gasteiger partial charge in [0.25, 0.3) is 0 Å². The second kappa shape index (κ2) is 5.35. The Kier molecular flexibility index (Phi) is 4.29. The molecule has 0 aromatic heterocycles. The number of halogens is 1. The number of ether oxygens (including phenoxy) is 1. The number of amides is 1. The molecule has 1 rings (SSSR count). The molecule has 1 amide bonds. The first-order valence-corrected chi connectivity index (χ1v) is 5.64. The number of carbonyl (C=O) groups excluding carboxylic acids is 1. The van der Waals surface area contributed by atoms with Gasteiger partial charge in [-0.15, -0.1) is 0 Å². The van der Waals surface area contributed by atoms with Gasteiger partial charge in [0.05, 0.1) is 18.3 Å². The Balaban J connectivity index is 3.14. The standard InChI is InChI=1S/C13H19FN2O2/c1-13(2,15-3)12(17)16(4)10-8-9(14)6-7-11(10)18-5/h6-8,15H,1-5H3. The zero-order valence-corrected chi connectivity index (χ0v) is 11.4. The maximum absolute atomic E-state index is 13.3. The summed E-state index contributed by atoms with van der Waals surface area (Å²) in [6.45, 7) is 3.52. The quantitative estimate of drug-likeness (QED) is 0.890. The van der Waals surface area contributed by atoms with Gasteiger partial charge in [-0.2, -0.15) is 0 Å². The van der Waals surface area contributed by atoms with Gasteiger partial charge in [0.15, 0.2) is 0 Å². The van der Waals surface area contributed by atoms with E-state index in [2.05, 4.69) is 5.32 Å². The van der Waals surface area contributed by atoms with Crippen LogP contribution in [0.25, 0.3) is 0 Å². The van der Waals surface area contributed by atoms with Gasteiger partial charge in [-0.25, -0.2) is 4.39 Å². The number of rotatable bonds is 4. The van der Waals surface area contributed by atoms with Crippen LogP contribution < -0.4 is 15.0 Å². The fourth-order valence-electron chi connectivity index (χ4n) is 1.56. The van der Waals surface area contributed by atoms with Crippen molar-refractivity contribution in [3.8, 4) is 5.75 Å². The minimum Gasteiger partial charge on any atom is -0.495 e. The maximum atomic E-state index is 13.3. The number of nitrogens with zero attached hydrogens (tertiary/aromatic N) is 1. The van der Waals surface area contributed by atoms with E-state index >= 15 is 0 Å². The third-order valence-corrected chi connectivity index (χ3v) is 2.97. The summed E-state index contributed by atoms with van der Waals surface area (Å²) in [5.41, 5.74) is -0.322. The van der Waals surface area contributed by atoms with Gasteiger partial charge in [0.1, 0.15) is 11.6 Å². The molecule has 0 saturated heterocycles. The Morgan fingerprint density at radius 3 is 2.56 bits per heavy atom. The lowest BCUT2D eigenvalue weighted by molar-refractivity contribution is -0.123. The zero-order chi connectivity index (χ0) is 13.9. The first-order chi connectivity index (χ1) is 8.33. The Hall–Kier alpha value is -1.62. The molecule has 5 heteroatoms. The van der Waals surface area contributed by atoms with E-state index in [4.69, 9.17) is 4.74 Å². The monoisotopic (exact) mass is 254 g/mol. The molecule has 0 bridgehead atoms. The molecule has 1 aromatic carbocycles. The van der Waals surface area contributed by atoms with Gasteiger partial charge in [0.2, 0.25) is 5.91 Å². The number of likely N-dealkylation sites (N-methyl/N-ethyl adjacent to an activating group) is 2. The number of methoxy groups -OCH3 is 1. The Labute approximate surface area is 107 Å². The molecule has 0 aliphatic heterocycles. The van der Waals surface area contributed by atoms with E-state index in [1.165, 1.54) is 30.2 Å². The molecular formula is C13H19FN2O2. The fraction of sp³-hybridized carbons (Fsp3) is 0.462. The van der Waals surface area contributed by atoms with Crippen molar-refractivity contribution >= 4 is 11.6 Å². The molecule has 0 radical (unpaired) electrons.